The van der Waals surface area contributed by atoms with Crippen molar-refractivity contribution in [3.05, 3.63) is 12.2 Å². The van der Waals surface area contributed by atoms with Gasteiger partial charge in [-0.05, 0) is 31.6 Å². The Morgan fingerprint density at radius 3 is 2.00 bits per heavy atom. The van der Waals surface area contributed by atoms with Crippen molar-refractivity contribution in [1.29, 1.82) is 0 Å². The molecule has 0 amide bonds. The second-order valence-electron chi connectivity index (χ2n) is 7.35. The van der Waals surface area contributed by atoms with E-state index in [0.29, 0.717) is 6.61 Å². The first kappa shape index (κ1) is 21.7. The first-order valence-corrected chi connectivity index (χ1v) is 10.4. The van der Waals surface area contributed by atoms with E-state index >= 15 is 0 Å². The van der Waals surface area contributed by atoms with E-state index < -0.39 is 6.10 Å². The summed E-state index contributed by atoms with van der Waals surface area (Å²) in [5, 5.41) is 17.8. The average molecular weight is 341 g/mol. The maximum atomic E-state index is 9.12. The Hall–Kier alpha value is -0.380. The summed E-state index contributed by atoms with van der Waals surface area (Å²) in [6, 6.07) is 0. The lowest BCUT2D eigenvalue weighted by Gasteiger charge is -2.08. The SMILES string of the molecule is OCC(O)COCCCCCCCCCCCCCC1C=CCC1. The zero-order chi connectivity index (χ0) is 17.3. The summed E-state index contributed by atoms with van der Waals surface area (Å²) in [6.07, 6.45) is 23.0. The molecule has 0 bridgehead atoms. The summed E-state index contributed by atoms with van der Waals surface area (Å²) < 4.78 is 5.30. The van der Waals surface area contributed by atoms with Gasteiger partial charge in [0.2, 0.25) is 0 Å². The molecule has 2 N–H and O–H groups in total. The fraction of sp³-hybridized carbons (Fsp3) is 0.905. The summed E-state index contributed by atoms with van der Waals surface area (Å²) in [5.41, 5.74) is 0. The number of aliphatic hydroxyl groups excluding tert-OH is 2. The molecule has 1 rings (SSSR count). The molecule has 2 atom stereocenters. The van der Waals surface area contributed by atoms with Gasteiger partial charge in [-0.2, -0.15) is 0 Å². The molecular weight excluding hydrogens is 300 g/mol. The molecule has 0 heterocycles. The predicted octanol–water partition coefficient (Wildman–Crippen LogP) is 5.00. The molecule has 0 saturated heterocycles. The van der Waals surface area contributed by atoms with Crippen LogP contribution in [0.4, 0.5) is 0 Å². The quantitative estimate of drug-likeness (QED) is 0.289. The number of hydrogen-bond acceptors (Lipinski definition) is 3. The van der Waals surface area contributed by atoms with Crippen molar-refractivity contribution in [3.63, 3.8) is 0 Å². The molecule has 0 spiro atoms. The van der Waals surface area contributed by atoms with Crippen LogP contribution in [0, 0.1) is 5.92 Å². The Morgan fingerprint density at radius 1 is 0.875 bits per heavy atom. The molecule has 3 nitrogen and oxygen atoms in total. The summed E-state index contributed by atoms with van der Waals surface area (Å²) >= 11 is 0. The third kappa shape index (κ3) is 13.0. The van der Waals surface area contributed by atoms with E-state index in [-0.39, 0.29) is 13.2 Å². The molecule has 142 valence electrons. The van der Waals surface area contributed by atoms with Crippen molar-refractivity contribution in [3.8, 4) is 0 Å². The highest BCUT2D eigenvalue weighted by atomic mass is 16.5. The lowest BCUT2D eigenvalue weighted by Crippen LogP contribution is -2.19. The molecule has 2 unspecified atom stereocenters. The number of ether oxygens (including phenoxy) is 1. The van der Waals surface area contributed by atoms with Crippen LogP contribution in [-0.2, 0) is 4.74 Å². The van der Waals surface area contributed by atoms with Crippen LogP contribution in [-0.4, -0.2) is 36.1 Å². The van der Waals surface area contributed by atoms with Gasteiger partial charge in [0.1, 0.15) is 6.10 Å². The van der Waals surface area contributed by atoms with Gasteiger partial charge in [-0.25, -0.2) is 0 Å². The Kier molecular flexibility index (Phi) is 14.5. The molecule has 0 saturated carbocycles. The van der Waals surface area contributed by atoms with Crippen LogP contribution in [0.25, 0.3) is 0 Å². The third-order valence-electron chi connectivity index (χ3n) is 5.00. The molecule has 0 aliphatic heterocycles. The minimum absolute atomic E-state index is 0.210. The molecule has 1 aliphatic rings. The average Bonchev–Trinajstić information content (AvgIpc) is 3.11. The maximum Gasteiger partial charge on any atom is 0.100 e. The summed E-state index contributed by atoms with van der Waals surface area (Å²) in [7, 11) is 0. The van der Waals surface area contributed by atoms with Gasteiger partial charge in [0.05, 0.1) is 13.2 Å². The van der Waals surface area contributed by atoms with Gasteiger partial charge >= 0.3 is 0 Å². The van der Waals surface area contributed by atoms with E-state index in [9.17, 15) is 0 Å². The molecule has 24 heavy (non-hydrogen) atoms. The smallest absolute Gasteiger partial charge is 0.100 e. The Balaban J connectivity index is 1.66. The molecule has 0 aromatic carbocycles. The minimum Gasteiger partial charge on any atom is -0.394 e. The molecule has 0 aromatic rings. The van der Waals surface area contributed by atoms with Gasteiger partial charge in [0.25, 0.3) is 0 Å². The first-order chi connectivity index (χ1) is 11.8. The van der Waals surface area contributed by atoms with Gasteiger partial charge in [-0.15, -0.1) is 0 Å². The molecule has 0 aromatic heterocycles. The zero-order valence-corrected chi connectivity index (χ0v) is 15.6. The van der Waals surface area contributed by atoms with Gasteiger partial charge in [0.15, 0.2) is 0 Å². The van der Waals surface area contributed by atoms with Crippen LogP contribution in [0.15, 0.2) is 12.2 Å². The highest BCUT2D eigenvalue weighted by Gasteiger charge is 2.07. The fourth-order valence-electron chi connectivity index (χ4n) is 3.41. The minimum atomic E-state index is -0.718. The Labute approximate surface area is 149 Å². The normalized spacial score (nSPS) is 18.3. The van der Waals surface area contributed by atoms with Crippen LogP contribution in [0.1, 0.15) is 89.9 Å². The lowest BCUT2D eigenvalue weighted by molar-refractivity contribution is 0.00526. The van der Waals surface area contributed by atoms with Crippen molar-refractivity contribution in [2.75, 3.05) is 19.8 Å². The van der Waals surface area contributed by atoms with E-state index in [0.717, 1.165) is 12.3 Å². The highest BCUT2D eigenvalue weighted by Crippen LogP contribution is 2.23. The second kappa shape index (κ2) is 16.1. The van der Waals surface area contributed by atoms with E-state index in [4.69, 9.17) is 14.9 Å². The summed E-state index contributed by atoms with van der Waals surface area (Å²) in [6.45, 7) is 0.749. The molecule has 0 radical (unpaired) electrons. The molecule has 3 heteroatoms. The standard InChI is InChI=1S/C21H40O3/c22-18-21(23)19-24-17-13-9-7-5-3-1-2-4-6-8-10-14-20-15-11-12-16-20/h11,15,20-23H,1-10,12-14,16-19H2. The van der Waals surface area contributed by atoms with E-state index in [1.54, 1.807) is 0 Å². The van der Waals surface area contributed by atoms with Gasteiger partial charge in [0, 0.05) is 6.61 Å². The van der Waals surface area contributed by atoms with Gasteiger partial charge < -0.3 is 14.9 Å². The molecule has 1 aliphatic carbocycles. The largest absolute Gasteiger partial charge is 0.394 e. The maximum absolute atomic E-state index is 9.12. The van der Waals surface area contributed by atoms with Crippen molar-refractivity contribution in [2.24, 2.45) is 5.92 Å². The van der Waals surface area contributed by atoms with E-state index in [1.807, 2.05) is 0 Å². The van der Waals surface area contributed by atoms with Crippen LogP contribution >= 0.6 is 0 Å². The van der Waals surface area contributed by atoms with Crippen LogP contribution in [0.5, 0.6) is 0 Å². The van der Waals surface area contributed by atoms with Crippen molar-refractivity contribution >= 4 is 0 Å². The number of hydrogen-bond donors (Lipinski definition) is 2. The lowest BCUT2D eigenvalue weighted by atomic mass is 9.99. The van der Waals surface area contributed by atoms with E-state index in [1.165, 1.54) is 83.5 Å². The van der Waals surface area contributed by atoms with Crippen molar-refractivity contribution < 1.29 is 14.9 Å². The molecular formula is C21H40O3. The second-order valence-corrected chi connectivity index (χ2v) is 7.35. The predicted molar refractivity (Wildman–Crippen MR) is 101 cm³/mol. The van der Waals surface area contributed by atoms with Crippen molar-refractivity contribution in [2.45, 2.75) is 96.0 Å². The number of rotatable bonds is 17. The zero-order valence-electron chi connectivity index (χ0n) is 15.6. The van der Waals surface area contributed by atoms with Gasteiger partial charge in [-0.1, -0.05) is 76.4 Å². The third-order valence-corrected chi connectivity index (χ3v) is 5.00. The highest BCUT2D eigenvalue weighted by molar-refractivity contribution is 4.95. The van der Waals surface area contributed by atoms with Crippen LogP contribution < -0.4 is 0 Å². The summed E-state index contributed by atoms with van der Waals surface area (Å²) in [4.78, 5) is 0. The van der Waals surface area contributed by atoms with Crippen LogP contribution in [0.2, 0.25) is 0 Å². The summed E-state index contributed by atoms with van der Waals surface area (Å²) in [5.74, 6) is 0.898. The van der Waals surface area contributed by atoms with E-state index in [2.05, 4.69) is 12.2 Å². The van der Waals surface area contributed by atoms with Gasteiger partial charge in [-0.3, -0.25) is 0 Å². The van der Waals surface area contributed by atoms with Crippen molar-refractivity contribution in [1.82, 2.24) is 0 Å². The first-order valence-electron chi connectivity index (χ1n) is 10.4. The Bertz CT molecular complexity index is 291. The number of allylic oxidation sites excluding steroid dienone is 2. The molecule has 0 fully saturated rings. The monoisotopic (exact) mass is 340 g/mol. The Morgan fingerprint density at radius 2 is 1.46 bits per heavy atom. The topological polar surface area (TPSA) is 49.7 Å². The van der Waals surface area contributed by atoms with Crippen LogP contribution in [0.3, 0.4) is 0 Å². The number of aliphatic hydroxyl groups is 2. The number of unbranched alkanes of at least 4 members (excludes halogenated alkanes) is 10. The fourth-order valence-corrected chi connectivity index (χ4v) is 3.41.